The lowest BCUT2D eigenvalue weighted by atomic mass is 10.1. The lowest BCUT2D eigenvalue weighted by molar-refractivity contribution is -0.137. The van der Waals surface area contributed by atoms with Gasteiger partial charge >= 0.3 is 6.18 Å². The zero-order valence-corrected chi connectivity index (χ0v) is 21.3. The van der Waals surface area contributed by atoms with Crippen LogP contribution in [0, 0.1) is 0 Å². The normalized spacial score (nSPS) is 12.0. The van der Waals surface area contributed by atoms with Crippen molar-refractivity contribution in [2.75, 3.05) is 10.1 Å². The first-order valence-electron chi connectivity index (χ1n) is 12.1. The highest BCUT2D eigenvalue weighted by Gasteiger charge is 2.33. The van der Waals surface area contributed by atoms with Crippen molar-refractivity contribution in [2.24, 2.45) is 0 Å². The molecular weight excluding hydrogens is 507 g/mol. The highest BCUT2D eigenvalue weighted by atomic mass is 32.2. The van der Waals surface area contributed by atoms with Crippen LogP contribution in [0.5, 0.6) is 0 Å². The summed E-state index contributed by atoms with van der Waals surface area (Å²) in [6.07, 6.45) is 1.45. The molecule has 2 N–H and O–H groups in total. The number of fused-ring (bicyclic) bond motifs is 1. The number of pyridine rings is 1. The first-order valence-corrected chi connectivity index (χ1v) is 13.7. The first-order chi connectivity index (χ1) is 17.6. The van der Waals surface area contributed by atoms with Crippen LogP contribution in [0.3, 0.4) is 0 Å². The van der Waals surface area contributed by atoms with Crippen molar-refractivity contribution in [3.63, 3.8) is 0 Å². The average molecular weight is 538 g/mol. The molecule has 0 unspecified atom stereocenters. The maximum absolute atomic E-state index is 13.7. The van der Waals surface area contributed by atoms with Gasteiger partial charge in [0.25, 0.3) is 5.91 Å². The number of anilines is 1. The summed E-state index contributed by atoms with van der Waals surface area (Å²) in [5, 5.41) is 9.35. The van der Waals surface area contributed by atoms with Gasteiger partial charge in [-0.3, -0.25) is 19.3 Å². The summed E-state index contributed by atoms with van der Waals surface area (Å²) in [6, 6.07) is 11.4. The number of halogens is 3. The van der Waals surface area contributed by atoms with Gasteiger partial charge in [0.2, 0.25) is 10.0 Å². The minimum atomic E-state index is -4.63. The van der Waals surface area contributed by atoms with Gasteiger partial charge in [0.1, 0.15) is 0 Å². The van der Waals surface area contributed by atoms with Crippen LogP contribution in [0.2, 0.25) is 0 Å². The molecule has 0 aliphatic rings. The summed E-state index contributed by atoms with van der Waals surface area (Å²) in [5.41, 5.74) is 0.588. The van der Waals surface area contributed by atoms with Gasteiger partial charge in [-0.2, -0.15) is 13.2 Å². The lowest BCUT2D eigenvalue weighted by Gasteiger charge is -2.28. The maximum Gasteiger partial charge on any atom is 0.416 e. The number of hydroxylamine groups is 1. The summed E-state index contributed by atoms with van der Waals surface area (Å²) in [5.74, 6) is -1.24. The molecule has 7 nitrogen and oxygen atoms in total. The topological polar surface area (TPSA) is 99.6 Å². The number of alkyl halides is 3. The Morgan fingerprint density at radius 3 is 2.35 bits per heavy atom. The van der Waals surface area contributed by atoms with Crippen molar-refractivity contribution in [2.45, 2.75) is 58.2 Å². The number of rotatable bonds is 12. The number of amides is 1. The molecule has 0 saturated heterocycles. The van der Waals surface area contributed by atoms with Crippen molar-refractivity contribution < 1.29 is 31.6 Å². The van der Waals surface area contributed by atoms with Crippen molar-refractivity contribution in [3.05, 3.63) is 71.4 Å². The fourth-order valence-electron chi connectivity index (χ4n) is 4.09. The number of carbonyl (C=O) groups is 1. The predicted molar refractivity (Wildman–Crippen MR) is 136 cm³/mol. The van der Waals surface area contributed by atoms with Crippen LogP contribution in [-0.2, 0) is 22.7 Å². The zero-order valence-electron chi connectivity index (χ0n) is 20.5. The smallest absolute Gasteiger partial charge is 0.288 e. The molecule has 3 rings (SSSR count). The minimum Gasteiger partial charge on any atom is -0.288 e. The summed E-state index contributed by atoms with van der Waals surface area (Å²) >= 11 is 0. The Kier molecular flexibility index (Phi) is 9.50. The van der Waals surface area contributed by atoms with Gasteiger partial charge in [-0.15, -0.1) is 0 Å². The molecule has 0 spiro atoms. The van der Waals surface area contributed by atoms with Gasteiger partial charge < -0.3 is 0 Å². The Balaban J connectivity index is 2.13. The summed E-state index contributed by atoms with van der Waals surface area (Å²) in [7, 11) is -4.04. The van der Waals surface area contributed by atoms with E-state index in [1.165, 1.54) is 5.48 Å². The standard InChI is InChI=1S/C26H30F3N3O4S/c1-2-3-4-5-6-10-15-37(35,36)32(18-19-11-8-7-9-12-19)24-21-14-13-20(26(27,28)29)16-23(21)30-17-22(24)25(33)31-34/h7-9,11-14,16-17,34H,2-6,10,15,18H2,1H3,(H,31,33). The van der Waals surface area contributed by atoms with E-state index in [0.717, 1.165) is 54.4 Å². The van der Waals surface area contributed by atoms with E-state index in [-0.39, 0.29) is 34.5 Å². The Morgan fingerprint density at radius 1 is 1.03 bits per heavy atom. The number of aromatic nitrogens is 1. The van der Waals surface area contributed by atoms with E-state index in [2.05, 4.69) is 11.9 Å². The number of unbranched alkanes of at least 4 members (excludes halogenated alkanes) is 5. The van der Waals surface area contributed by atoms with E-state index in [1.54, 1.807) is 30.3 Å². The molecule has 0 aliphatic carbocycles. The van der Waals surface area contributed by atoms with Gasteiger partial charge in [0, 0.05) is 11.6 Å². The molecule has 1 amide bonds. The molecular formula is C26H30F3N3O4S. The monoisotopic (exact) mass is 537 g/mol. The zero-order chi connectivity index (χ0) is 27.1. The van der Waals surface area contributed by atoms with E-state index < -0.39 is 27.7 Å². The molecule has 200 valence electrons. The second kappa shape index (κ2) is 12.4. The molecule has 11 heteroatoms. The number of sulfonamides is 1. The van der Waals surface area contributed by atoms with Crippen LogP contribution in [-0.4, -0.2) is 30.3 Å². The number of hydrogen-bond donors (Lipinski definition) is 2. The van der Waals surface area contributed by atoms with Gasteiger partial charge in [0.15, 0.2) is 0 Å². The molecule has 0 saturated carbocycles. The minimum absolute atomic E-state index is 0.0385. The van der Waals surface area contributed by atoms with Crippen LogP contribution in [0.4, 0.5) is 18.9 Å². The molecule has 0 fully saturated rings. The molecule has 0 bridgehead atoms. The predicted octanol–water partition coefficient (Wildman–Crippen LogP) is 6.07. The Bertz CT molecular complexity index is 1320. The SMILES string of the molecule is CCCCCCCCS(=O)(=O)N(Cc1ccccc1)c1c(C(=O)NO)cnc2cc(C(F)(F)F)ccc12. The van der Waals surface area contributed by atoms with Gasteiger partial charge in [-0.25, -0.2) is 13.9 Å². The number of benzene rings is 2. The quantitative estimate of drug-likeness (QED) is 0.166. The summed E-state index contributed by atoms with van der Waals surface area (Å²) < 4.78 is 68.4. The van der Waals surface area contributed by atoms with E-state index in [1.807, 2.05) is 0 Å². The van der Waals surface area contributed by atoms with Crippen LogP contribution in [0.1, 0.15) is 66.9 Å². The van der Waals surface area contributed by atoms with E-state index in [4.69, 9.17) is 0 Å². The Morgan fingerprint density at radius 2 is 1.70 bits per heavy atom. The molecule has 0 atom stereocenters. The number of nitrogens with one attached hydrogen (secondary N) is 1. The third kappa shape index (κ3) is 7.20. The highest BCUT2D eigenvalue weighted by molar-refractivity contribution is 7.92. The highest BCUT2D eigenvalue weighted by Crippen LogP contribution is 2.37. The van der Waals surface area contributed by atoms with Gasteiger partial charge in [-0.1, -0.05) is 75.4 Å². The number of hydrogen-bond acceptors (Lipinski definition) is 5. The van der Waals surface area contributed by atoms with Crippen LogP contribution in [0.25, 0.3) is 10.9 Å². The third-order valence-electron chi connectivity index (χ3n) is 6.02. The molecule has 0 aliphatic heterocycles. The van der Waals surface area contributed by atoms with Crippen molar-refractivity contribution in [1.82, 2.24) is 10.5 Å². The second-order valence-corrected chi connectivity index (χ2v) is 10.8. The molecule has 3 aromatic rings. The van der Waals surface area contributed by atoms with Crippen molar-refractivity contribution in [1.29, 1.82) is 0 Å². The number of carbonyl (C=O) groups excluding carboxylic acids is 1. The second-order valence-electron chi connectivity index (χ2n) is 8.77. The molecule has 1 aromatic heterocycles. The first kappa shape index (κ1) is 28.4. The van der Waals surface area contributed by atoms with E-state index in [0.29, 0.717) is 18.4 Å². The number of nitrogens with zero attached hydrogens (tertiary/aromatic N) is 2. The van der Waals surface area contributed by atoms with Crippen LogP contribution < -0.4 is 9.79 Å². The fraction of sp³-hybridized carbons (Fsp3) is 0.385. The Hall–Kier alpha value is -3.18. The van der Waals surface area contributed by atoms with Gasteiger partial charge in [-0.05, 0) is 24.1 Å². The summed E-state index contributed by atoms with van der Waals surface area (Å²) in [4.78, 5) is 16.5. The van der Waals surface area contributed by atoms with Crippen molar-refractivity contribution >= 4 is 32.5 Å². The lowest BCUT2D eigenvalue weighted by Crippen LogP contribution is -2.35. The van der Waals surface area contributed by atoms with Crippen LogP contribution in [0.15, 0.2) is 54.7 Å². The summed E-state index contributed by atoms with van der Waals surface area (Å²) in [6.45, 7) is 1.92. The Labute approximate surface area is 214 Å². The van der Waals surface area contributed by atoms with E-state index >= 15 is 0 Å². The van der Waals surface area contributed by atoms with Crippen LogP contribution >= 0.6 is 0 Å². The molecule has 2 aromatic carbocycles. The maximum atomic E-state index is 13.7. The molecule has 0 radical (unpaired) electrons. The van der Waals surface area contributed by atoms with E-state index in [9.17, 15) is 31.6 Å². The largest absolute Gasteiger partial charge is 0.416 e. The molecule has 37 heavy (non-hydrogen) atoms. The molecule has 1 heterocycles. The van der Waals surface area contributed by atoms with Crippen molar-refractivity contribution in [3.8, 4) is 0 Å². The van der Waals surface area contributed by atoms with Gasteiger partial charge in [0.05, 0.1) is 34.6 Å². The fourth-order valence-corrected chi connectivity index (χ4v) is 5.70. The third-order valence-corrected chi connectivity index (χ3v) is 7.81. The average Bonchev–Trinajstić information content (AvgIpc) is 2.88.